The van der Waals surface area contributed by atoms with Gasteiger partial charge in [-0.25, -0.2) is 0 Å². The van der Waals surface area contributed by atoms with Gasteiger partial charge in [-0.1, -0.05) is 57.8 Å². The Hall–Kier alpha value is 0.0400. The minimum Gasteiger partial charge on any atom is -0.297 e. The first-order valence-corrected chi connectivity index (χ1v) is 12.0. The summed E-state index contributed by atoms with van der Waals surface area (Å²) in [5.74, 6) is 1.01. The second kappa shape index (κ2) is 9.49. The molecule has 0 aliphatic heterocycles. The fraction of sp³-hybridized carbons (Fsp3) is 0.909. The molecule has 3 aliphatic rings. The fourth-order valence-electron chi connectivity index (χ4n) is 5.66. The van der Waals surface area contributed by atoms with Crippen molar-refractivity contribution in [3.05, 3.63) is 0 Å². The van der Waals surface area contributed by atoms with E-state index in [4.69, 9.17) is 25.3 Å². The van der Waals surface area contributed by atoms with E-state index in [-0.39, 0.29) is 22.1 Å². The Morgan fingerprint density at radius 3 is 1.35 bits per heavy atom. The minimum absolute atomic E-state index is 0.146. The Bertz CT molecular complexity index is 448. The third kappa shape index (κ3) is 4.37. The Morgan fingerprint density at radius 2 is 0.962 bits per heavy atom. The van der Waals surface area contributed by atoms with Gasteiger partial charge in [-0.3, -0.25) is 9.59 Å². The summed E-state index contributed by atoms with van der Waals surface area (Å²) in [5, 5.41) is -0.520. The van der Waals surface area contributed by atoms with Crippen molar-refractivity contribution in [1.82, 2.24) is 0 Å². The second-order valence-corrected chi connectivity index (χ2v) is 10.2. The van der Waals surface area contributed by atoms with Crippen molar-refractivity contribution >= 4 is 36.8 Å². The van der Waals surface area contributed by atoms with Gasteiger partial charge in [0, 0.05) is 0 Å². The lowest BCUT2D eigenvalue weighted by Gasteiger charge is -2.41. The summed E-state index contributed by atoms with van der Waals surface area (Å²) in [6.07, 6.45) is 16.3. The number of Topliss-reactive ketones (excluding diaryl/α,β-unsaturated/α-hetero) is 2. The maximum atomic E-state index is 13.6. The van der Waals surface area contributed by atoms with Crippen molar-refractivity contribution in [2.24, 2.45) is 17.3 Å². The van der Waals surface area contributed by atoms with Crippen LogP contribution in [-0.2, 0) is 9.59 Å². The first kappa shape index (κ1) is 20.8. The maximum absolute atomic E-state index is 13.6. The smallest absolute Gasteiger partial charge is 0.159 e. The molecule has 3 rings (SSSR count). The Kier molecular flexibility index (Phi) is 7.58. The molecular formula is C22H36O2S2. The van der Waals surface area contributed by atoms with E-state index >= 15 is 0 Å². The fourth-order valence-corrected chi connectivity index (χ4v) is 6.75. The average Bonchev–Trinajstić information content (AvgIpc) is 2.73. The van der Waals surface area contributed by atoms with Gasteiger partial charge in [0.2, 0.25) is 0 Å². The molecule has 2 unspecified atom stereocenters. The number of carbonyl (C=O) groups is 2. The standard InChI is InChI=1S/C22H36O2S2/c23-20(18(25)16-10-4-1-5-11-16)22(14-8-3-9-15-22)21(24)19(26)17-12-6-2-7-13-17/h16-19,25-26H,1-15H2. The monoisotopic (exact) mass is 396 g/mol. The van der Waals surface area contributed by atoms with E-state index in [0.29, 0.717) is 11.8 Å². The number of carbonyl (C=O) groups excluding carboxylic acids is 2. The molecule has 2 atom stereocenters. The van der Waals surface area contributed by atoms with Gasteiger partial charge in [0.15, 0.2) is 11.6 Å². The predicted molar refractivity (Wildman–Crippen MR) is 114 cm³/mol. The van der Waals surface area contributed by atoms with Gasteiger partial charge in [0.05, 0.1) is 15.9 Å². The Morgan fingerprint density at radius 1 is 0.615 bits per heavy atom. The van der Waals surface area contributed by atoms with Crippen LogP contribution in [0.25, 0.3) is 0 Å². The normalized spacial score (nSPS) is 27.6. The molecular weight excluding hydrogens is 360 g/mol. The molecule has 0 aromatic rings. The highest BCUT2D eigenvalue weighted by Crippen LogP contribution is 2.45. The van der Waals surface area contributed by atoms with Gasteiger partial charge in [0.25, 0.3) is 0 Å². The SMILES string of the molecule is O=C(C(S)C1CCCCC1)C1(C(=O)C(S)C2CCCCC2)CCCCC1. The van der Waals surface area contributed by atoms with Gasteiger partial charge in [-0.05, 0) is 50.4 Å². The van der Waals surface area contributed by atoms with E-state index in [9.17, 15) is 9.59 Å². The first-order valence-electron chi connectivity index (χ1n) is 11.0. The second-order valence-electron chi connectivity index (χ2n) is 9.06. The Labute approximate surface area is 170 Å². The molecule has 3 fully saturated rings. The van der Waals surface area contributed by atoms with Crippen molar-refractivity contribution < 1.29 is 9.59 Å². The van der Waals surface area contributed by atoms with Gasteiger partial charge < -0.3 is 0 Å². The summed E-state index contributed by atoms with van der Waals surface area (Å²) in [7, 11) is 0. The van der Waals surface area contributed by atoms with Crippen molar-refractivity contribution in [1.29, 1.82) is 0 Å². The van der Waals surface area contributed by atoms with Crippen LogP contribution in [0.1, 0.15) is 96.3 Å². The highest BCUT2D eigenvalue weighted by Gasteiger charge is 2.51. The predicted octanol–water partition coefficient (Wildman–Crippen LogP) is 5.83. The number of ketones is 2. The average molecular weight is 397 g/mol. The van der Waals surface area contributed by atoms with Crippen molar-refractivity contribution in [2.45, 2.75) is 107 Å². The van der Waals surface area contributed by atoms with E-state index < -0.39 is 5.41 Å². The number of hydrogen-bond donors (Lipinski definition) is 2. The molecule has 0 amide bonds. The summed E-state index contributed by atoms with van der Waals surface area (Å²) in [5.41, 5.74) is -0.786. The summed E-state index contributed by atoms with van der Waals surface area (Å²) >= 11 is 9.59. The third-order valence-electron chi connectivity index (χ3n) is 7.38. The van der Waals surface area contributed by atoms with E-state index in [2.05, 4.69) is 0 Å². The van der Waals surface area contributed by atoms with Crippen molar-refractivity contribution in [2.75, 3.05) is 0 Å². The zero-order valence-electron chi connectivity index (χ0n) is 16.1. The summed E-state index contributed by atoms with van der Waals surface area (Å²) in [6.45, 7) is 0. The Balaban J connectivity index is 1.78. The van der Waals surface area contributed by atoms with E-state index in [1.54, 1.807) is 0 Å². The van der Waals surface area contributed by atoms with Crippen LogP contribution < -0.4 is 0 Å². The number of rotatable bonds is 6. The number of thiol groups is 2. The first-order chi connectivity index (χ1) is 12.6. The lowest BCUT2D eigenvalue weighted by atomic mass is 9.63. The molecule has 0 N–H and O–H groups in total. The molecule has 0 heterocycles. The quantitative estimate of drug-likeness (QED) is 0.437. The minimum atomic E-state index is -0.786. The molecule has 3 saturated carbocycles. The van der Waals surface area contributed by atoms with Crippen LogP contribution >= 0.6 is 25.3 Å². The zero-order chi connectivity index (χ0) is 18.6. The lowest BCUT2D eigenvalue weighted by molar-refractivity contribution is -0.144. The molecule has 0 bridgehead atoms. The molecule has 0 spiro atoms. The van der Waals surface area contributed by atoms with E-state index in [0.717, 1.165) is 57.8 Å². The zero-order valence-corrected chi connectivity index (χ0v) is 17.9. The third-order valence-corrected chi connectivity index (χ3v) is 8.69. The topological polar surface area (TPSA) is 34.1 Å². The van der Waals surface area contributed by atoms with Gasteiger partial charge in [-0.15, -0.1) is 0 Å². The van der Waals surface area contributed by atoms with Crippen LogP contribution in [0.5, 0.6) is 0 Å². The summed E-state index contributed by atoms with van der Waals surface area (Å²) in [4.78, 5) is 27.2. The summed E-state index contributed by atoms with van der Waals surface area (Å²) < 4.78 is 0. The molecule has 26 heavy (non-hydrogen) atoms. The molecule has 3 aliphatic carbocycles. The van der Waals surface area contributed by atoms with Crippen LogP contribution in [0.3, 0.4) is 0 Å². The van der Waals surface area contributed by atoms with Gasteiger partial charge >= 0.3 is 0 Å². The van der Waals surface area contributed by atoms with Crippen LogP contribution in [0.15, 0.2) is 0 Å². The van der Waals surface area contributed by atoms with Crippen molar-refractivity contribution in [3.8, 4) is 0 Å². The molecule has 0 aromatic carbocycles. The van der Waals surface area contributed by atoms with Crippen LogP contribution in [0.4, 0.5) is 0 Å². The molecule has 2 nitrogen and oxygen atoms in total. The van der Waals surface area contributed by atoms with E-state index in [1.165, 1.54) is 38.5 Å². The van der Waals surface area contributed by atoms with Crippen LogP contribution in [0, 0.1) is 17.3 Å². The van der Waals surface area contributed by atoms with Gasteiger partial charge in [0.1, 0.15) is 0 Å². The molecule has 0 radical (unpaired) electrons. The highest BCUT2D eigenvalue weighted by atomic mass is 32.1. The molecule has 4 heteroatoms. The van der Waals surface area contributed by atoms with E-state index in [1.807, 2.05) is 0 Å². The lowest BCUT2D eigenvalue weighted by Crippen LogP contribution is -2.51. The number of hydrogen-bond acceptors (Lipinski definition) is 4. The van der Waals surface area contributed by atoms with Crippen LogP contribution in [-0.4, -0.2) is 22.1 Å². The molecule has 148 valence electrons. The molecule has 0 saturated heterocycles. The largest absolute Gasteiger partial charge is 0.297 e. The highest BCUT2D eigenvalue weighted by molar-refractivity contribution is 7.82. The van der Waals surface area contributed by atoms with Crippen LogP contribution in [0.2, 0.25) is 0 Å². The maximum Gasteiger partial charge on any atom is 0.159 e. The van der Waals surface area contributed by atoms with Gasteiger partial charge in [-0.2, -0.15) is 25.3 Å². The molecule has 0 aromatic heterocycles. The summed E-state index contributed by atoms with van der Waals surface area (Å²) in [6, 6.07) is 0. The van der Waals surface area contributed by atoms with Crippen molar-refractivity contribution in [3.63, 3.8) is 0 Å².